The number of nitrogens with one attached hydrogen (secondary N) is 14. The van der Waals surface area contributed by atoms with Gasteiger partial charge in [-0.25, -0.2) is 8.78 Å². The highest BCUT2D eigenvalue weighted by Crippen LogP contribution is 2.49. The number of aryl methyl sites for hydroxylation is 2. The first kappa shape index (κ1) is 115. The Morgan fingerprint density at radius 3 is 1.42 bits per heavy atom. The lowest BCUT2D eigenvalue weighted by Crippen LogP contribution is -2.39. The molecule has 0 radical (unpaired) electrons. The van der Waals surface area contributed by atoms with Crippen molar-refractivity contribution in [2.24, 2.45) is 17.8 Å². The van der Waals surface area contributed by atoms with Crippen molar-refractivity contribution in [3.63, 3.8) is 0 Å². The number of allylic oxidation sites excluding steroid dienone is 4. The third-order valence-corrected chi connectivity index (χ3v) is 23.4. The van der Waals surface area contributed by atoms with Crippen LogP contribution in [0.3, 0.4) is 0 Å². The molecule has 3 fully saturated rings. The number of methoxy groups -OCH3 is 2. The molecule has 3 atom stereocenters. The summed E-state index contributed by atoms with van der Waals surface area (Å²) in [6, 6.07) is 53.5. The first-order chi connectivity index (χ1) is 65.5. The molecule has 12 rings (SSSR count). The van der Waals surface area contributed by atoms with Crippen LogP contribution in [0, 0.1) is 31.6 Å². The summed E-state index contributed by atoms with van der Waals surface area (Å²) in [7, 11) is 3.36. The second kappa shape index (κ2) is 59.8. The van der Waals surface area contributed by atoms with Crippen LogP contribution in [0.2, 0.25) is 0 Å². The van der Waals surface area contributed by atoms with Crippen LogP contribution in [0.1, 0.15) is 253 Å². The van der Waals surface area contributed by atoms with Crippen LogP contribution in [-0.2, 0) is 68.6 Å². The molecular formula is C116H170BrF2N15O4. The van der Waals surface area contributed by atoms with Gasteiger partial charge >= 0.3 is 0 Å². The molecule has 19 nitrogen and oxygen atoms in total. The Morgan fingerprint density at radius 1 is 0.442 bits per heavy atom. The van der Waals surface area contributed by atoms with E-state index in [2.05, 4.69) is 367 Å². The van der Waals surface area contributed by atoms with E-state index in [4.69, 9.17) is 18.9 Å². The third-order valence-electron chi connectivity index (χ3n) is 22.9. The number of aromatic nitrogens is 1. The molecule has 8 aromatic rings. The lowest BCUT2D eigenvalue weighted by atomic mass is 9.70. The number of para-hydroxylation sites is 1. The Balaban J connectivity index is 0.000000248. The maximum absolute atomic E-state index is 13.2. The average Bonchev–Trinajstić information content (AvgIpc) is 0.778. The maximum atomic E-state index is 13.2. The van der Waals surface area contributed by atoms with Crippen molar-refractivity contribution in [2.45, 2.75) is 301 Å². The van der Waals surface area contributed by atoms with E-state index in [0.29, 0.717) is 69.7 Å². The largest absolute Gasteiger partial charge is 0.494 e. The van der Waals surface area contributed by atoms with Gasteiger partial charge in [0, 0.05) is 137 Å². The Labute approximate surface area is 838 Å². The Bertz CT molecular complexity index is 5110. The molecule has 3 saturated carbocycles. The number of rotatable bonds is 44. The summed E-state index contributed by atoms with van der Waals surface area (Å²) < 4.78 is 49.4. The van der Waals surface area contributed by atoms with Crippen LogP contribution in [0.4, 0.5) is 8.78 Å². The standard InChI is InChI=1S/C22H30N2O2.C18H26F2N2O.C16H26N2O.C16H26N2.C16H20N2.C15H23N3.C13H19BrN2/c1-6-25-21-13-12-18(16-26-20-10-8-7-9-11-20)14-19(21)15-23-17(2)24-22(3,4)5;1-12(2)22-13(3)21-10-15-7-14(11-23-4)5-6-17(15)16-8-18(19,20)9-16;1-12-7-8-14(11-19-6)9-15(12)10-17-13(2)18-16(3,4)5;2*1-12(2)18-13(3)17-11-15-9-6-8-14-7-4-5-10-16(14)15;1-11(2)18-12(3)17-9-14-7-8-16-10-15(14)13-5-4-6-13;1-9(2)16-11(4)15-8-12-7-13(14)6-5-10(12)3/h7-14,23-24H,2,6,15-16H2,1,3-5H3;5-7,12,16,21-22H,3,8-11H2,1-2,4H3;7-9,17-18H,2,10-11H2,1,3-6H3;4-5,7,10,12,14-18H,3,6,8-9,11H2,1-2H3;4-10,12,17-18H,3,11H2,1-2H3;7-8,10-11,13,17-18H,3-6,9H2,1-2H3;5-7,9,15-16H,4,8H2,1-3H3. The summed E-state index contributed by atoms with van der Waals surface area (Å²) in [5, 5.41) is 48.7. The van der Waals surface area contributed by atoms with Gasteiger partial charge in [0.1, 0.15) is 18.1 Å². The van der Waals surface area contributed by atoms with Crippen LogP contribution in [0.15, 0.2) is 280 Å². The smallest absolute Gasteiger partial charge is 0.249 e. The summed E-state index contributed by atoms with van der Waals surface area (Å²) in [4.78, 5) is 4.26. The van der Waals surface area contributed by atoms with Gasteiger partial charge in [0.25, 0.3) is 0 Å². The number of nitrogens with zero attached hydrogens (tertiary/aromatic N) is 1. The van der Waals surface area contributed by atoms with Gasteiger partial charge in [-0.2, -0.15) is 0 Å². The quantitative estimate of drug-likeness (QED) is 0.0171. The highest BCUT2D eigenvalue weighted by Gasteiger charge is 2.46. The molecule has 1 aromatic heterocycles. The van der Waals surface area contributed by atoms with E-state index in [0.717, 1.165) is 141 Å². The minimum atomic E-state index is -2.51. The summed E-state index contributed by atoms with van der Waals surface area (Å²) in [5.41, 5.74) is 15.6. The molecule has 22 heteroatoms. The lowest BCUT2D eigenvalue weighted by Gasteiger charge is -2.37. The summed E-state index contributed by atoms with van der Waals surface area (Å²) in [5.74, 6) is 8.11. The number of benzene rings is 7. The second-order valence-corrected chi connectivity index (χ2v) is 40.7. The summed E-state index contributed by atoms with van der Waals surface area (Å²) in [6.45, 7) is 75.4. The van der Waals surface area contributed by atoms with E-state index in [1.54, 1.807) is 14.2 Å². The van der Waals surface area contributed by atoms with Crippen molar-refractivity contribution in [3.05, 3.63) is 352 Å². The summed E-state index contributed by atoms with van der Waals surface area (Å²) >= 11 is 3.48. The number of halogens is 3. The SMILES string of the molecule is C=C(NCC1CCCC2C=CC=CC21)NC(C)C.C=C(NCc1cc(Br)ccc1C)NC(C)C.C=C(NCc1cc(COC)ccc1C)NC(C)(C)C.C=C(NCc1cc(COC)ccc1C1CC(F)(F)C1)NC(C)C.C=C(NCc1cc(COc2ccccc2)ccc1OCC)NC(C)(C)C.C=C(NCc1cccc2ccccc12)NC(C)C.C=C(NCc1ccncc1C1CCC1)NC(C)C. The zero-order valence-corrected chi connectivity index (χ0v) is 88.9. The highest BCUT2D eigenvalue weighted by molar-refractivity contribution is 9.10. The molecule has 3 unspecified atom stereocenters. The van der Waals surface area contributed by atoms with Gasteiger partial charge < -0.3 is 93.4 Å². The molecule has 4 aliphatic rings. The summed E-state index contributed by atoms with van der Waals surface area (Å²) in [6.07, 6.45) is 21.0. The zero-order valence-electron chi connectivity index (χ0n) is 87.3. The van der Waals surface area contributed by atoms with Gasteiger partial charge in [-0.3, -0.25) is 4.98 Å². The predicted octanol–water partition coefficient (Wildman–Crippen LogP) is 24.4. The maximum Gasteiger partial charge on any atom is 0.249 e. The number of pyridine rings is 1. The van der Waals surface area contributed by atoms with E-state index in [-0.39, 0.29) is 29.8 Å². The average molecular weight is 1960 g/mol. The monoisotopic (exact) mass is 1950 g/mol. The van der Waals surface area contributed by atoms with Crippen LogP contribution in [0.5, 0.6) is 11.5 Å². The van der Waals surface area contributed by atoms with Gasteiger partial charge in [0.05, 0.1) is 60.6 Å². The van der Waals surface area contributed by atoms with Crippen molar-refractivity contribution >= 4 is 26.7 Å². The normalized spacial score (nSPS) is 14.9. The van der Waals surface area contributed by atoms with E-state index in [1.807, 2.05) is 93.8 Å². The number of alkyl halides is 2. The molecule has 7 aromatic carbocycles. The van der Waals surface area contributed by atoms with Crippen molar-refractivity contribution in [1.82, 2.24) is 79.4 Å². The molecule has 0 amide bonds. The molecule has 14 N–H and O–H groups in total. The van der Waals surface area contributed by atoms with Gasteiger partial charge in [-0.05, 0) is 307 Å². The molecule has 0 bridgehead atoms. The molecule has 0 aliphatic heterocycles. The minimum absolute atomic E-state index is 0.0248. The molecule has 4 aliphatic carbocycles. The Morgan fingerprint density at radius 2 is 0.891 bits per heavy atom. The van der Waals surface area contributed by atoms with Crippen molar-refractivity contribution < 1.29 is 27.7 Å². The van der Waals surface area contributed by atoms with Crippen LogP contribution < -0.4 is 83.9 Å². The van der Waals surface area contributed by atoms with Crippen molar-refractivity contribution in [3.8, 4) is 11.5 Å². The minimum Gasteiger partial charge on any atom is -0.494 e. The molecule has 0 spiro atoms. The van der Waals surface area contributed by atoms with Crippen LogP contribution in [-0.4, -0.2) is 79.6 Å². The molecule has 754 valence electrons. The Hall–Kier alpha value is -11.3. The first-order valence-electron chi connectivity index (χ1n) is 49.3. The van der Waals surface area contributed by atoms with E-state index in [1.165, 1.54) is 93.8 Å². The van der Waals surface area contributed by atoms with Gasteiger partial charge in [-0.1, -0.05) is 208 Å². The van der Waals surface area contributed by atoms with Gasteiger partial charge in [0.2, 0.25) is 5.92 Å². The van der Waals surface area contributed by atoms with Crippen molar-refractivity contribution in [2.75, 3.05) is 27.4 Å². The van der Waals surface area contributed by atoms with Gasteiger partial charge in [0.15, 0.2) is 0 Å². The molecular weight excluding hydrogens is 1790 g/mol. The fourth-order valence-electron chi connectivity index (χ4n) is 16.3. The third kappa shape index (κ3) is 45.5. The zero-order chi connectivity index (χ0) is 101. The van der Waals surface area contributed by atoms with Crippen molar-refractivity contribution in [1.29, 1.82) is 0 Å². The lowest BCUT2D eigenvalue weighted by molar-refractivity contribution is -0.0869. The highest BCUT2D eigenvalue weighted by atomic mass is 79.9. The first-order valence-corrected chi connectivity index (χ1v) is 50.1. The molecule has 138 heavy (non-hydrogen) atoms. The van der Waals surface area contributed by atoms with Crippen LogP contribution >= 0.6 is 15.9 Å². The number of fused-ring (bicyclic) bond motifs is 2. The van der Waals surface area contributed by atoms with E-state index in [9.17, 15) is 8.78 Å². The number of ether oxygens (including phenoxy) is 4. The second-order valence-electron chi connectivity index (χ2n) is 39.8. The number of hydrogen-bond acceptors (Lipinski definition) is 19. The fraction of sp³-hybridized carbons (Fsp3) is 0.457. The van der Waals surface area contributed by atoms with E-state index < -0.39 is 5.92 Å². The number of hydrogen-bond donors (Lipinski definition) is 14. The predicted molar refractivity (Wildman–Crippen MR) is 581 cm³/mol. The topological polar surface area (TPSA) is 218 Å². The van der Waals surface area contributed by atoms with Crippen LogP contribution in [0.25, 0.3) is 10.8 Å². The van der Waals surface area contributed by atoms with Gasteiger partial charge in [-0.15, -0.1) is 0 Å². The Kier molecular flexibility index (Phi) is 50.0. The van der Waals surface area contributed by atoms with E-state index >= 15 is 0 Å². The fourth-order valence-corrected chi connectivity index (χ4v) is 16.7. The molecule has 0 saturated heterocycles. The molecule has 1 heterocycles.